The Morgan fingerprint density at radius 1 is 0.844 bits per heavy atom. The van der Waals surface area contributed by atoms with Gasteiger partial charge in [0, 0.05) is 107 Å². The van der Waals surface area contributed by atoms with Crippen LogP contribution in [-0.4, -0.2) is 174 Å². The van der Waals surface area contributed by atoms with Crippen molar-refractivity contribution in [1.82, 2.24) is 34.7 Å². The lowest BCUT2D eigenvalue weighted by Gasteiger charge is -2.39. The van der Waals surface area contributed by atoms with Crippen molar-refractivity contribution < 1.29 is 33.2 Å². The van der Waals surface area contributed by atoms with Crippen LogP contribution in [-0.2, 0) is 25.6 Å². The quantitative estimate of drug-likeness (QED) is 0.0485. The monoisotopic (exact) mass is 1090 g/mol. The first-order valence-electron chi connectivity index (χ1n) is 28.3. The van der Waals surface area contributed by atoms with Gasteiger partial charge in [-0.3, -0.25) is 38.6 Å². The van der Waals surface area contributed by atoms with Gasteiger partial charge in [0.15, 0.2) is 0 Å². The molecule has 3 aliphatic heterocycles. The van der Waals surface area contributed by atoms with E-state index in [9.17, 15) is 28.8 Å². The summed E-state index contributed by atoms with van der Waals surface area (Å²) in [4.78, 5) is 91.4. The zero-order valence-corrected chi connectivity index (χ0v) is 48.0. The summed E-state index contributed by atoms with van der Waals surface area (Å²) in [5.41, 5.74) is 8.02. The molecule has 3 saturated heterocycles. The van der Waals surface area contributed by atoms with Gasteiger partial charge in [0.25, 0.3) is 11.8 Å². The van der Waals surface area contributed by atoms with Gasteiger partial charge in [-0.2, -0.15) is 0 Å². The van der Waals surface area contributed by atoms with Gasteiger partial charge in [0.05, 0.1) is 12.1 Å². The topological polar surface area (TPSA) is 184 Å². The summed E-state index contributed by atoms with van der Waals surface area (Å²) in [6.07, 6.45) is 12.3. The van der Waals surface area contributed by atoms with E-state index in [1.54, 1.807) is 27.7 Å². The molecule has 17 heteroatoms. The van der Waals surface area contributed by atoms with Gasteiger partial charge in [-0.25, -0.2) is 4.39 Å². The molecule has 0 aromatic heterocycles. The minimum absolute atomic E-state index is 0.00390. The minimum Gasteiger partial charge on any atom is -0.366 e. The third kappa shape index (κ3) is 18.5. The molecule has 1 aliphatic carbocycles. The molecule has 2 aromatic carbocycles. The number of rotatable bonds is 21. The molecule has 1 saturated carbocycles. The molecule has 4 fully saturated rings. The molecule has 4 N–H and O–H groups in total. The molecule has 15 nitrogen and oxygen atoms in total. The summed E-state index contributed by atoms with van der Waals surface area (Å²) >= 11 is 5.86. The molecule has 6 rings (SSSR count). The van der Waals surface area contributed by atoms with Crippen LogP contribution in [0, 0.1) is 23.1 Å². The van der Waals surface area contributed by atoms with Crippen molar-refractivity contribution in [1.29, 1.82) is 5.41 Å². The number of benzene rings is 2. The Kier molecular flexibility index (Phi) is 27.3. The van der Waals surface area contributed by atoms with Crippen LogP contribution in [0.15, 0.2) is 78.4 Å². The normalized spacial score (nSPS) is 18.5. The number of primary amides is 1. The van der Waals surface area contributed by atoms with Gasteiger partial charge in [-0.1, -0.05) is 104 Å². The van der Waals surface area contributed by atoms with E-state index in [0.29, 0.717) is 68.4 Å². The smallest absolute Gasteiger partial charge is 0.256 e. The number of carbonyl (C=O) groups excluding carboxylic acids is 6. The van der Waals surface area contributed by atoms with Crippen molar-refractivity contribution in [2.75, 3.05) is 97.5 Å². The number of nitrogens with one attached hydrogen (secondary N) is 2. The lowest BCUT2D eigenvalue weighted by Crippen LogP contribution is -2.57. The second-order valence-corrected chi connectivity index (χ2v) is 20.5. The molecule has 4 aliphatic rings. The van der Waals surface area contributed by atoms with Gasteiger partial charge >= 0.3 is 0 Å². The number of amides is 6. The highest BCUT2D eigenvalue weighted by atomic mass is 35.5. The van der Waals surface area contributed by atoms with Crippen LogP contribution in [0.3, 0.4) is 0 Å². The maximum absolute atomic E-state index is 15.1. The fraction of sp³-hybridized carbons (Fsp3) is 0.583. The zero-order chi connectivity index (χ0) is 56.6. The van der Waals surface area contributed by atoms with Gasteiger partial charge in [0.1, 0.15) is 17.7 Å². The van der Waals surface area contributed by atoms with E-state index < -0.39 is 23.7 Å². The number of piperidine rings is 1. The molecule has 6 amide bonds. The number of likely N-dealkylation sites (tertiary alicyclic amines) is 1. The Morgan fingerprint density at radius 2 is 1.51 bits per heavy atom. The van der Waals surface area contributed by atoms with E-state index in [-0.39, 0.29) is 84.2 Å². The van der Waals surface area contributed by atoms with Crippen molar-refractivity contribution in [2.24, 2.45) is 17.6 Å². The van der Waals surface area contributed by atoms with Crippen molar-refractivity contribution in [3.05, 3.63) is 106 Å². The Bertz CT molecular complexity index is 2370. The number of nitrogens with zero attached hydrogens (tertiary/aromatic N) is 6. The third-order valence-electron chi connectivity index (χ3n) is 15.2. The van der Waals surface area contributed by atoms with Crippen molar-refractivity contribution >= 4 is 52.8 Å². The van der Waals surface area contributed by atoms with E-state index in [0.717, 1.165) is 83.1 Å². The molecule has 0 bridgehead atoms. The van der Waals surface area contributed by atoms with Crippen LogP contribution < -0.4 is 11.1 Å². The number of hydrogen-bond donors (Lipinski definition) is 3. The fourth-order valence-electron chi connectivity index (χ4n) is 10.9. The Balaban J connectivity index is 0.00000312. The Hall–Kier alpha value is -5.71. The van der Waals surface area contributed by atoms with E-state index in [1.165, 1.54) is 36.4 Å². The molecule has 3 atom stereocenters. The number of halogens is 2. The van der Waals surface area contributed by atoms with Crippen molar-refractivity contribution in [3.63, 3.8) is 0 Å². The lowest BCUT2D eigenvalue weighted by molar-refractivity contribution is -0.137. The Labute approximate surface area is 463 Å². The van der Waals surface area contributed by atoms with Crippen LogP contribution in [0.4, 0.5) is 4.39 Å². The third-order valence-corrected chi connectivity index (χ3v) is 15.4. The average molecular weight is 1090 g/mol. The molecule has 424 valence electrons. The molecule has 3 heterocycles. The first-order chi connectivity index (χ1) is 37.1. The highest BCUT2D eigenvalue weighted by Gasteiger charge is 2.36. The number of allylic oxidation sites excluding steroid dienone is 3. The number of hydrogen-bond acceptors (Lipinski definition) is 9. The molecular weight excluding hydrogens is 997 g/mol. The summed E-state index contributed by atoms with van der Waals surface area (Å²) in [7, 11) is 0. The predicted octanol–water partition coefficient (Wildman–Crippen LogP) is 8.08. The number of carbonyl (C=O) groups is 6. The molecule has 77 heavy (non-hydrogen) atoms. The number of piperazine rings is 2. The van der Waals surface area contributed by atoms with Crippen molar-refractivity contribution in [2.45, 2.75) is 118 Å². The van der Waals surface area contributed by atoms with Crippen LogP contribution >= 0.6 is 11.6 Å². The second kappa shape index (κ2) is 32.9. The summed E-state index contributed by atoms with van der Waals surface area (Å²) in [5, 5.41) is 11.9. The summed E-state index contributed by atoms with van der Waals surface area (Å²) < 4.78 is 15.1. The minimum atomic E-state index is -0.685. The van der Waals surface area contributed by atoms with Crippen LogP contribution in [0.1, 0.15) is 138 Å². The second-order valence-electron chi connectivity index (χ2n) is 20.2. The van der Waals surface area contributed by atoms with Crippen LogP contribution in [0.5, 0.6) is 0 Å². The standard InChI is InChI=1S/C56H77ClFN9O6.2C2H6/c1-5-13-46(45(6-2)53(60)70)49(59)33-40-19-20-48(58)47(32-40)55(72)65-30-28-64(29-31-65)51(69)38-62(7-3)23-21-39(4)36-63-24-26-66(27-25-63)56(73)52(41-14-9-8-10-15-41)61-54(71)43-17-11-16-42(34-43)44-18-12-22-67(37-44)50(68)35-57;2*1-2/h5-6,11,13,16-17,19-20,32,34,39,41,44,52,59H,1,7-10,12,14-15,18,21-31,33,35-38H2,2-4H3,(H2,60,70)(H,61,71);2*1-2H3/b45-6+,46-13+,59-49?;;. The van der Waals surface area contributed by atoms with Crippen LogP contribution in [0.2, 0.25) is 0 Å². The maximum Gasteiger partial charge on any atom is 0.256 e. The number of likely N-dealkylation sites (N-methyl/N-ethyl adjacent to an activating group) is 1. The zero-order valence-electron chi connectivity index (χ0n) is 47.2. The lowest BCUT2D eigenvalue weighted by atomic mass is 9.83. The first-order valence-corrected chi connectivity index (χ1v) is 28.9. The highest BCUT2D eigenvalue weighted by molar-refractivity contribution is 6.27. The summed E-state index contributed by atoms with van der Waals surface area (Å²) in [6.45, 7) is 25.3. The highest BCUT2D eigenvalue weighted by Crippen LogP contribution is 2.30. The van der Waals surface area contributed by atoms with Gasteiger partial charge in [-0.15, -0.1) is 11.6 Å². The van der Waals surface area contributed by atoms with Gasteiger partial charge in [-0.05, 0) is 99.3 Å². The maximum atomic E-state index is 15.1. The van der Waals surface area contributed by atoms with E-state index in [2.05, 4.69) is 28.6 Å². The molecule has 0 spiro atoms. The molecule has 3 unspecified atom stereocenters. The first kappa shape index (κ1) is 63.8. The summed E-state index contributed by atoms with van der Waals surface area (Å²) in [6, 6.07) is 11.2. The van der Waals surface area contributed by atoms with Crippen molar-refractivity contribution in [3.8, 4) is 0 Å². The molecule has 0 radical (unpaired) electrons. The van der Waals surface area contributed by atoms with Crippen LogP contribution in [0.25, 0.3) is 0 Å². The SMILES string of the molecule is C=C/C=C(C(=N)Cc1ccc(F)c(C(=O)N2CCN(C(=O)CN(CC)CCC(C)CN3CCN(C(=O)C(NC(=O)c4cccc(C5CCCN(C(=O)CCl)C5)c4)C4CCCCC4)CC3)CC2)c1)\C(=C/C)C(N)=O.CC.CC. The predicted molar refractivity (Wildman–Crippen MR) is 307 cm³/mol. The van der Waals surface area contributed by atoms with E-state index >= 15 is 4.39 Å². The van der Waals surface area contributed by atoms with Gasteiger partial charge < -0.3 is 36.1 Å². The largest absolute Gasteiger partial charge is 0.366 e. The van der Waals surface area contributed by atoms with E-state index in [1.807, 2.05) is 57.7 Å². The molecular formula is C60H89ClFN9O6. The van der Waals surface area contributed by atoms with Gasteiger partial charge in [0.2, 0.25) is 23.6 Å². The summed E-state index contributed by atoms with van der Waals surface area (Å²) in [5.74, 6) is -1.67. The average Bonchev–Trinajstić information content (AvgIpc) is 3.46. The fourth-order valence-corrected chi connectivity index (χ4v) is 11.0. The number of nitrogens with two attached hydrogens (primary N) is 1. The molecule has 2 aromatic rings. The number of alkyl halides is 1. The Morgan fingerprint density at radius 3 is 2.13 bits per heavy atom. The van der Waals surface area contributed by atoms with E-state index in [4.69, 9.17) is 22.7 Å².